The van der Waals surface area contributed by atoms with Gasteiger partial charge in [-0.15, -0.1) is 10.2 Å². The number of hydrogen-bond donors (Lipinski definition) is 0. The van der Waals surface area contributed by atoms with Crippen molar-refractivity contribution in [2.24, 2.45) is 0 Å². The highest BCUT2D eigenvalue weighted by Gasteiger charge is 2.14. The molecule has 0 radical (unpaired) electrons. The predicted molar refractivity (Wildman–Crippen MR) is 81.6 cm³/mol. The summed E-state index contributed by atoms with van der Waals surface area (Å²) in [5, 5.41) is 8.58. The highest BCUT2D eigenvalue weighted by molar-refractivity contribution is 6.30. The van der Waals surface area contributed by atoms with Crippen LogP contribution >= 0.6 is 11.6 Å². The molecule has 1 aliphatic heterocycles. The summed E-state index contributed by atoms with van der Waals surface area (Å²) in [6.45, 7) is 0.388. The molecule has 23 heavy (non-hydrogen) atoms. The molecule has 6 nitrogen and oxygen atoms in total. The van der Waals surface area contributed by atoms with Gasteiger partial charge in [0.25, 0.3) is 5.89 Å². The molecule has 4 rings (SSSR count). The minimum Gasteiger partial charge on any atom is -0.484 e. The van der Waals surface area contributed by atoms with Gasteiger partial charge in [-0.3, -0.25) is 0 Å². The van der Waals surface area contributed by atoms with Crippen LogP contribution in [0.1, 0.15) is 5.89 Å². The molecule has 0 spiro atoms. The van der Waals surface area contributed by atoms with Gasteiger partial charge >= 0.3 is 0 Å². The molecule has 0 saturated carbocycles. The lowest BCUT2D eigenvalue weighted by molar-refractivity contribution is 0.173. The van der Waals surface area contributed by atoms with Crippen LogP contribution in [0, 0.1) is 0 Å². The molecule has 1 aromatic heterocycles. The first-order chi connectivity index (χ1) is 11.3. The largest absolute Gasteiger partial charge is 0.484 e. The zero-order chi connectivity index (χ0) is 15.6. The molecule has 116 valence electrons. The van der Waals surface area contributed by atoms with Gasteiger partial charge in [0, 0.05) is 16.7 Å². The maximum atomic E-state index is 5.95. The Morgan fingerprint density at radius 2 is 1.96 bits per heavy atom. The van der Waals surface area contributed by atoms with Crippen LogP contribution in [0.5, 0.6) is 17.2 Å². The maximum Gasteiger partial charge on any atom is 0.254 e. The van der Waals surface area contributed by atoms with Crippen LogP contribution in [0.15, 0.2) is 46.9 Å². The SMILES string of the molecule is Clc1cccc(-c2nnc(COc3ccc4c(c3)OCO4)o2)c1. The fourth-order valence-corrected chi connectivity index (χ4v) is 2.35. The number of fused-ring (bicyclic) bond motifs is 1. The summed E-state index contributed by atoms with van der Waals surface area (Å²) in [5.41, 5.74) is 0.763. The van der Waals surface area contributed by atoms with E-state index in [1.165, 1.54) is 0 Å². The van der Waals surface area contributed by atoms with Crippen molar-refractivity contribution in [3.05, 3.63) is 53.4 Å². The molecular formula is C16H11ClN2O4. The standard InChI is InChI=1S/C16H11ClN2O4/c17-11-3-1-2-10(6-11)16-19-18-15(23-16)8-20-12-4-5-13-14(7-12)22-9-21-13/h1-7H,8-9H2. The van der Waals surface area contributed by atoms with Gasteiger partial charge in [-0.05, 0) is 30.3 Å². The van der Waals surface area contributed by atoms with E-state index >= 15 is 0 Å². The van der Waals surface area contributed by atoms with E-state index in [-0.39, 0.29) is 13.4 Å². The third kappa shape index (κ3) is 2.93. The molecule has 7 heteroatoms. The zero-order valence-corrected chi connectivity index (χ0v) is 12.6. The van der Waals surface area contributed by atoms with Crippen molar-refractivity contribution >= 4 is 11.6 Å². The Balaban J connectivity index is 1.46. The van der Waals surface area contributed by atoms with E-state index in [0.29, 0.717) is 34.1 Å². The second-order valence-electron chi connectivity index (χ2n) is 4.82. The van der Waals surface area contributed by atoms with Crippen molar-refractivity contribution in [2.45, 2.75) is 6.61 Å². The van der Waals surface area contributed by atoms with Gasteiger partial charge in [0.1, 0.15) is 5.75 Å². The Bertz CT molecular complexity index is 850. The second-order valence-corrected chi connectivity index (χ2v) is 5.25. The van der Waals surface area contributed by atoms with Gasteiger partial charge in [0.15, 0.2) is 18.1 Å². The monoisotopic (exact) mass is 330 g/mol. The molecule has 0 fully saturated rings. The van der Waals surface area contributed by atoms with E-state index in [0.717, 1.165) is 5.56 Å². The van der Waals surface area contributed by atoms with Crippen LogP contribution in [-0.2, 0) is 6.61 Å². The minimum atomic E-state index is 0.160. The van der Waals surface area contributed by atoms with Crippen LogP contribution in [-0.4, -0.2) is 17.0 Å². The molecule has 0 N–H and O–H groups in total. The highest BCUT2D eigenvalue weighted by Crippen LogP contribution is 2.35. The normalized spacial score (nSPS) is 12.4. The van der Waals surface area contributed by atoms with Crippen molar-refractivity contribution in [1.29, 1.82) is 0 Å². The predicted octanol–water partition coefficient (Wildman–Crippen LogP) is 3.70. The first-order valence-corrected chi connectivity index (χ1v) is 7.26. The van der Waals surface area contributed by atoms with E-state index in [4.69, 9.17) is 30.2 Å². The lowest BCUT2D eigenvalue weighted by Gasteiger charge is -2.04. The Hall–Kier alpha value is -2.73. The molecule has 2 heterocycles. The Morgan fingerprint density at radius 3 is 2.87 bits per heavy atom. The molecule has 0 aliphatic carbocycles. The third-order valence-electron chi connectivity index (χ3n) is 3.24. The zero-order valence-electron chi connectivity index (χ0n) is 11.9. The van der Waals surface area contributed by atoms with Crippen LogP contribution in [0.3, 0.4) is 0 Å². The van der Waals surface area contributed by atoms with Gasteiger partial charge in [-0.1, -0.05) is 17.7 Å². The molecule has 3 aromatic rings. The van der Waals surface area contributed by atoms with E-state index in [1.807, 2.05) is 12.1 Å². The smallest absolute Gasteiger partial charge is 0.254 e. The van der Waals surface area contributed by atoms with Gasteiger partial charge < -0.3 is 18.6 Å². The van der Waals surface area contributed by atoms with Crippen molar-refractivity contribution in [3.8, 4) is 28.7 Å². The van der Waals surface area contributed by atoms with Crippen LogP contribution in [0.4, 0.5) is 0 Å². The summed E-state index contributed by atoms with van der Waals surface area (Å²) >= 11 is 5.95. The number of ether oxygens (including phenoxy) is 3. The third-order valence-corrected chi connectivity index (χ3v) is 3.48. The number of benzene rings is 2. The number of halogens is 1. The summed E-state index contributed by atoms with van der Waals surface area (Å²) in [6, 6.07) is 12.6. The summed E-state index contributed by atoms with van der Waals surface area (Å²) < 4.78 is 21.8. The lowest BCUT2D eigenvalue weighted by Crippen LogP contribution is -1.95. The number of nitrogens with zero attached hydrogens (tertiary/aromatic N) is 2. The number of rotatable bonds is 4. The first kappa shape index (κ1) is 13.9. The van der Waals surface area contributed by atoms with Gasteiger partial charge in [0.05, 0.1) is 0 Å². The lowest BCUT2D eigenvalue weighted by atomic mass is 10.2. The summed E-state index contributed by atoms with van der Waals surface area (Å²) in [7, 11) is 0. The Kier molecular flexibility index (Phi) is 3.51. The summed E-state index contributed by atoms with van der Waals surface area (Å²) in [4.78, 5) is 0. The van der Waals surface area contributed by atoms with E-state index in [2.05, 4.69) is 10.2 Å². The van der Waals surface area contributed by atoms with Crippen molar-refractivity contribution < 1.29 is 18.6 Å². The highest BCUT2D eigenvalue weighted by atomic mass is 35.5. The Morgan fingerprint density at radius 1 is 1.04 bits per heavy atom. The molecule has 2 aromatic carbocycles. The summed E-state index contributed by atoms with van der Waals surface area (Å²) in [6.07, 6.45) is 0. The maximum absolute atomic E-state index is 5.95. The van der Waals surface area contributed by atoms with Crippen LogP contribution < -0.4 is 14.2 Å². The van der Waals surface area contributed by atoms with Crippen molar-refractivity contribution in [3.63, 3.8) is 0 Å². The molecule has 0 atom stereocenters. The molecule has 0 saturated heterocycles. The van der Waals surface area contributed by atoms with Crippen LogP contribution in [0.25, 0.3) is 11.5 Å². The van der Waals surface area contributed by atoms with E-state index in [9.17, 15) is 0 Å². The van der Waals surface area contributed by atoms with Gasteiger partial charge in [-0.25, -0.2) is 0 Å². The molecule has 0 amide bonds. The van der Waals surface area contributed by atoms with Gasteiger partial charge in [0.2, 0.25) is 12.7 Å². The molecule has 0 unspecified atom stereocenters. The van der Waals surface area contributed by atoms with Crippen molar-refractivity contribution in [2.75, 3.05) is 6.79 Å². The van der Waals surface area contributed by atoms with Crippen LogP contribution in [0.2, 0.25) is 5.02 Å². The van der Waals surface area contributed by atoms with Gasteiger partial charge in [-0.2, -0.15) is 0 Å². The second kappa shape index (κ2) is 5.81. The topological polar surface area (TPSA) is 66.6 Å². The fraction of sp³-hybridized carbons (Fsp3) is 0.125. The first-order valence-electron chi connectivity index (χ1n) is 6.89. The quantitative estimate of drug-likeness (QED) is 0.726. The fourth-order valence-electron chi connectivity index (χ4n) is 2.16. The van der Waals surface area contributed by atoms with E-state index < -0.39 is 0 Å². The Labute approximate surface area is 136 Å². The average molecular weight is 331 g/mol. The number of hydrogen-bond acceptors (Lipinski definition) is 6. The van der Waals surface area contributed by atoms with Crippen molar-refractivity contribution in [1.82, 2.24) is 10.2 Å². The number of aromatic nitrogens is 2. The molecule has 1 aliphatic rings. The molecule has 0 bridgehead atoms. The average Bonchev–Trinajstić information content (AvgIpc) is 3.21. The van der Waals surface area contributed by atoms with E-state index in [1.54, 1.807) is 30.3 Å². The molecular weight excluding hydrogens is 320 g/mol. The minimum absolute atomic E-state index is 0.160. The summed E-state index contributed by atoms with van der Waals surface area (Å²) in [5.74, 6) is 2.78.